The van der Waals surface area contributed by atoms with E-state index < -0.39 is 0 Å². The third kappa shape index (κ3) is 2.88. The zero-order valence-corrected chi connectivity index (χ0v) is 12.5. The Bertz CT molecular complexity index is 510. The zero-order valence-electron chi connectivity index (χ0n) is 12.5. The standard InChI is InChI=1S/C17H24N2O/c1-12(2)14-4-3-13-7-8-19(10-15(13)9-14)11-16-5-6-17(20)18-16/h3-4,9,12,16H,5-8,10-11H2,1-2H3,(H,18,20)/t16-/m0/s1. The number of carbonyl (C=O) groups is 1. The van der Waals surface area contributed by atoms with Gasteiger partial charge < -0.3 is 5.32 Å². The van der Waals surface area contributed by atoms with Crippen LogP contribution in [0.4, 0.5) is 0 Å². The number of nitrogens with zero attached hydrogens (tertiary/aromatic N) is 1. The Morgan fingerprint density at radius 2 is 2.15 bits per heavy atom. The normalized spacial score (nSPS) is 22.9. The summed E-state index contributed by atoms with van der Waals surface area (Å²) < 4.78 is 0. The Kier molecular flexibility index (Phi) is 3.79. The highest BCUT2D eigenvalue weighted by Crippen LogP contribution is 2.24. The van der Waals surface area contributed by atoms with Crippen LogP contribution in [0.3, 0.4) is 0 Å². The van der Waals surface area contributed by atoms with Gasteiger partial charge in [-0.25, -0.2) is 0 Å². The van der Waals surface area contributed by atoms with E-state index in [4.69, 9.17) is 0 Å². The molecule has 20 heavy (non-hydrogen) atoms. The molecule has 1 fully saturated rings. The van der Waals surface area contributed by atoms with Gasteiger partial charge in [0.25, 0.3) is 0 Å². The van der Waals surface area contributed by atoms with Crippen molar-refractivity contribution in [1.82, 2.24) is 10.2 Å². The van der Waals surface area contributed by atoms with E-state index in [2.05, 4.69) is 42.3 Å². The molecule has 1 aromatic carbocycles. The van der Waals surface area contributed by atoms with Crippen molar-refractivity contribution >= 4 is 5.91 Å². The van der Waals surface area contributed by atoms with E-state index in [0.717, 1.165) is 32.5 Å². The van der Waals surface area contributed by atoms with E-state index in [-0.39, 0.29) is 5.91 Å². The molecular weight excluding hydrogens is 248 g/mol. The number of hydrogen-bond acceptors (Lipinski definition) is 2. The number of benzene rings is 1. The number of hydrogen-bond donors (Lipinski definition) is 1. The first-order chi connectivity index (χ1) is 9.61. The van der Waals surface area contributed by atoms with Crippen molar-refractivity contribution in [2.75, 3.05) is 13.1 Å². The first-order valence-corrected chi connectivity index (χ1v) is 7.75. The minimum absolute atomic E-state index is 0.217. The summed E-state index contributed by atoms with van der Waals surface area (Å²) in [5.74, 6) is 0.805. The maximum atomic E-state index is 11.3. The highest BCUT2D eigenvalue weighted by Gasteiger charge is 2.25. The van der Waals surface area contributed by atoms with Crippen molar-refractivity contribution in [2.24, 2.45) is 0 Å². The van der Waals surface area contributed by atoms with Gasteiger partial charge in [-0.2, -0.15) is 0 Å². The van der Waals surface area contributed by atoms with Gasteiger partial charge in [0.05, 0.1) is 0 Å². The topological polar surface area (TPSA) is 32.3 Å². The minimum atomic E-state index is 0.217. The molecule has 3 nitrogen and oxygen atoms in total. The van der Waals surface area contributed by atoms with E-state index in [1.165, 1.54) is 16.7 Å². The van der Waals surface area contributed by atoms with Crippen LogP contribution in [0.2, 0.25) is 0 Å². The highest BCUT2D eigenvalue weighted by atomic mass is 16.1. The smallest absolute Gasteiger partial charge is 0.220 e. The van der Waals surface area contributed by atoms with Gasteiger partial charge in [-0.3, -0.25) is 9.69 Å². The summed E-state index contributed by atoms with van der Waals surface area (Å²) in [5, 5.41) is 3.07. The summed E-state index contributed by atoms with van der Waals surface area (Å²) in [6.07, 6.45) is 2.83. The van der Waals surface area contributed by atoms with Gasteiger partial charge in [0.1, 0.15) is 0 Å². The monoisotopic (exact) mass is 272 g/mol. The van der Waals surface area contributed by atoms with Gasteiger partial charge in [0.2, 0.25) is 5.91 Å². The van der Waals surface area contributed by atoms with Gasteiger partial charge in [-0.15, -0.1) is 0 Å². The lowest BCUT2D eigenvalue weighted by Crippen LogP contribution is -2.41. The van der Waals surface area contributed by atoms with Gasteiger partial charge in [-0.05, 0) is 35.4 Å². The Morgan fingerprint density at radius 1 is 1.30 bits per heavy atom. The molecule has 0 unspecified atom stereocenters. The lowest BCUT2D eigenvalue weighted by atomic mass is 9.93. The molecule has 0 aromatic heterocycles. The molecule has 0 radical (unpaired) electrons. The summed E-state index contributed by atoms with van der Waals surface area (Å²) in [7, 11) is 0. The molecule has 1 aromatic rings. The molecule has 0 saturated carbocycles. The lowest BCUT2D eigenvalue weighted by Gasteiger charge is -2.31. The average molecular weight is 272 g/mol. The highest BCUT2D eigenvalue weighted by molar-refractivity contribution is 5.78. The predicted molar refractivity (Wildman–Crippen MR) is 80.7 cm³/mol. The molecular formula is C17H24N2O. The van der Waals surface area contributed by atoms with E-state index in [9.17, 15) is 4.79 Å². The molecule has 3 rings (SSSR count). The van der Waals surface area contributed by atoms with Crippen LogP contribution in [0.25, 0.3) is 0 Å². The summed E-state index contributed by atoms with van der Waals surface area (Å²) in [6, 6.07) is 7.31. The molecule has 1 amide bonds. The number of amides is 1. The largest absolute Gasteiger partial charge is 0.352 e. The maximum absolute atomic E-state index is 11.3. The number of rotatable bonds is 3. The van der Waals surface area contributed by atoms with Crippen LogP contribution in [-0.2, 0) is 17.8 Å². The molecule has 3 heteroatoms. The second kappa shape index (κ2) is 5.57. The number of fused-ring (bicyclic) bond motifs is 1. The number of nitrogens with one attached hydrogen (secondary N) is 1. The molecule has 108 valence electrons. The third-order valence-corrected chi connectivity index (χ3v) is 4.55. The van der Waals surface area contributed by atoms with Crippen molar-refractivity contribution in [1.29, 1.82) is 0 Å². The second-order valence-corrected chi connectivity index (χ2v) is 6.47. The SMILES string of the molecule is CC(C)c1ccc2c(c1)CN(C[C@@H]1CCC(=O)N1)CC2. The lowest BCUT2D eigenvalue weighted by molar-refractivity contribution is -0.119. The van der Waals surface area contributed by atoms with E-state index in [1.807, 2.05) is 0 Å². The molecule has 1 N–H and O–H groups in total. The minimum Gasteiger partial charge on any atom is -0.352 e. The molecule has 1 atom stereocenters. The number of carbonyl (C=O) groups excluding carboxylic acids is 1. The van der Waals surface area contributed by atoms with Gasteiger partial charge in [0, 0.05) is 32.1 Å². The Hall–Kier alpha value is -1.35. The Morgan fingerprint density at radius 3 is 2.85 bits per heavy atom. The summed E-state index contributed by atoms with van der Waals surface area (Å²) in [5.41, 5.74) is 4.41. The van der Waals surface area contributed by atoms with Crippen LogP contribution in [-0.4, -0.2) is 29.9 Å². The Labute approximate surface area is 121 Å². The Balaban J connectivity index is 1.67. The van der Waals surface area contributed by atoms with Crippen molar-refractivity contribution in [3.05, 3.63) is 34.9 Å². The van der Waals surface area contributed by atoms with E-state index in [0.29, 0.717) is 18.4 Å². The van der Waals surface area contributed by atoms with E-state index >= 15 is 0 Å². The summed E-state index contributed by atoms with van der Waals surface area (Å²) in [6.45, 7) is 7.63. The van der Waals surface area contributed by atoms with Crippen LogP contribution in [0, 0.1) is 0 Å². The molecule has 2 aliphatic heterocycles. The van der Waals surface area contributed by atoms with Crippen molar-refractivity contribution in [3.8, 4) is 0 Å². The van der Waals surface area contributed by atoms with Crippen LogP contribution >= 0.6 is 0 Å². The molecule has 2 heterocycles. The third-order valence-electron chi connectivity index (χ3n) is 4.55. The van der Waals surface area contributed by atoms with Gasteiger partial charge >= 0.3 is 0 Å². The predicted octanol–water partition coefficient (Wildman–Crippen LogP) is 2.45. The van der Waals surface area contributed by atoms with Crippen molar-refractivity contribution in [3.63, 3.8) is 0 Å². The molecule has 1 saturated heterocycles. The molecule has 0 aliphatic carbocycles. The quantitative estimate of drug-likeness (QED) is 0.916. The zero-order chi connectivity index (χ0) is 14.1. The maximum Gasteiger partial charge on any atom is 0.220 e. The fourth-order valence-electron chi connectivity index (χ4n) is 3.28. The average Bonchev–Trinajstić information content (AvgIpc) is 2.83. The summed E-state index contributed by atoms with van der Waals surface area (Å²) >= 11 is 0. The van der Waals surface area contributed by atoms with E-state index in [1.54, 1.807) is 0 Å². The molecule has 0 bridgehead atoms. The fourth-order valence-corrected chi connectivity index (χ4v) is 3.28. The first-order valence-electron chi connectivity index (χ1n) is 7.75. The van der Waals surface area contributed by atoms with Gasteiger partial charge in [-0.1, -0.05) is 32.0 Å². The van der Waals surface area contributed by atoms with Crippen LogP contribution in [0.15, 0.2) is 18.2 Å². The van der Waals surface area contributed by atoms with Crippen LogP contribution < -0.4 is 5.32 Å². The fraction of sp³-hybridized carbons (Fsp3) is 0.588. The van der Waals surface area contributed by atoms with Gasteiger partial charge in [0.15, 0.2) is 0 Å². The first kappa shape index (κ1) is 13.6. The summed E-state index contributed by atoms with van der Waals surface area (Å²) in [4.78, 5) is 13.8. The van der Waals surface area contributed by atoms with Crippen LogP contribution in [0.1, 0.15) is 49.3 Å². The van der Waals surface area contributed by atoms with Crippen LogP contribution in [0.5, 0.6) is 0 Å². The van der Waals surface area contributed by atoms with Crippen molar-refractivity contribution < 1.29 is 4.79 Å². The second-order valence-electron chi connectivity index (χ2n) is 6.47. The molecule has 0 spiro atoms. The van der Waals surface area contributed by atoms with Crippen molar-refractivity contribution in [2.45, 2.75) is 51.6 Å². The molecule has 2 aliphatic rings.